The second kappa shape index (κ2) is 11.8. The van der Waals surface area contributed by atoms with Crippen LogP contribution in [0.4, 0.5) is 0 Å². The molecule has 2 aromatic carbocycles. The first kappa shape index (κ1) is 24.0. The Labute approximate surface area is 192 Å². The first-order valence-corrected chi connectivity index (χ1v) is 11.9. The summed E-state index contributed by atoms with van der Waals surface area (Å²) in [6.45, 7) is 9.01. The molecule has 0 saturated carbocycles. The first-order chi connectivity index (χ1) is 15.5. The predicted octanol–water partition coefficient (Wildman–Crippen LogP) is 4.25. The van der Waals surface area contributed by atoms with Gasteiger partial charge in [0.1, 0.15) is 6.04 Å². The van der Waals surface area contributed by atoms with Crippen molar-refractivity contribution in [2.75, 3.05) is 26.2 Å². The number of nitrogens with zero attached hydrogens (tertiary/aromatic N) is 2. The van der Waals surface area contributed by atoms with E-state index in [1.54, 1.807) is 0 Å². The summed E-state index contributed by atoms with van der Waals surface area (Å²) in [6.07, 6.45) is 2.31. The van der Waals surface area contributed by atoms with Gasteiger partial charge in [-0.3, -0.25) is 14.5 Å². The Bertz CT molecular complexity index is 806. The highest BCUT2D eigenvalue weighted by Gasteiger charge is 2.32. The van der Waals surface area contributed by atoms with Gasteiger partial charge in [0.2, 0.25) is 11.8 Å². The zero-order chi connectivity index (χ0) is 22.9. The molecule has 2 amide bonds. The number of rotatable bonds is 9. The van der Waals surface area contributed by atoms with Crippen molar-refractivity contribution < 1.29 is 9.59 Å². The summed E-state index contributed by atoms with van der Waals surface area (Å²) in [7, 11) is 0. The maximum absolute atomic E-state index is 13.3. The van der Waals surface area contributed by atoms with E-state index < -0.39 is 6.04 Å². The number of amides is 2. The molecule has 3 rings (SSSR count). The lowest BCUT2D eigenvalue weighted by Crippen LogP contribution is -2.56. The second-order valence-corrected chi connectivity index (χ2v) is 8.98. The van der Waals surface area contributed by atoms with Crippen LogP contribution in [0.5, 0.6) is 0 Å². The fourth-order valence-corrected chi connectivity index (χ4v) is 4.38. The lowest BCUT2D eigenvalue weighted by Gasteiger charge is -2.41. The maximum atomic E-state index is 13.3. The Morgan fingerprint density at radius 1 is 0.875 bits per heavy atom. The standard InChI is InChI=1S/C27H37N3O2/c1-4-5-16-24(31)28-25(21(2)3)27(32)30-19-17-29(18-20-30)26(22-12-8-6-9-13-22)23-14-10-7-11-15-23/h6-15,21,25-26H,4-5,16-20H2,1-3H3,(H,28,31). The van der Waals surface area contributed by atoms with Crippen molar-refractivity contribution in [3.05, 3.63) is 71.8 Å². The zero-order valence-electron chi connectivity index (χ0n) is 19.7. The quantitative estimate of drug-likeness (QED) is 0.641. The van der Waals surface area contributed by atoms with Crippen molar-refractivity contribution >= 4 is 11.8 Å². The van der Waals surface area contributed by atoms with Gasteiger partial charge in [0, 0.05) is 32.6 Å². The maximum Gasteiger partial charge on any atom is 0.245 e. The van der Waals surface area contributed by atoms with Crippen LogP contribution in [-0.4, -0.2) is 53.8 Å². The van der Waals surface area contributed by atoms with Crippen LogP contribution in [0.1, 0.15) is 57.2 Å². The molecule has 1 unspecified atom stereocenters. The minimum absolute atomic E-state index is 0.0224. The number of benzene rings is 2. The minimum Gasteiger partial charge on any atom is -0.344 e. The Morgan fingerprint density at radius 3 is 1.88 bits per heavy atom. The minimum atomic E-state index is -0.454. The molecule has 1 atom stereocenters. The van der Waals surface area contributed by atoms with Gasteiger partial charge < -0.3 is 10.2 Å². The molecule has 1 N–H and O–H groups in total. The number of nitrogens with one attached hydrogen (secondary N) is 1. The highest BCUT2D eigenvalue weighted by atomic mass is 16.2. The Morgan fingerprint density at radius 2 is 1.41 bits per heavy atom. The monoisotopic (exact) mass is 435 g/mol. The Kier molecular flexibility index (Phi) is 8.86. The molecule has 1 fully saturated rings. The Hall–Kier alpha value is -2.66. The summed E-state index contributed by atoms with van der Waals surface area (Å²) in [5, 5.41) is 2.99. The smallest absolute Gasteiger partial charge is 0.245 e. The molecular weight excluding hydrogens is 398 g/mol. The molecule has 0 spiro atoms. The predicted molar refractivity (Wildman–Crippen MR) is 129 cm³/mol. The topological polar surface area (TPSA) is 52.7 Å². The highest BCUT2D eigenvalue weighted by Crippen LogP contribution is 2.29. The molecular formula is C27H37N3O2. The molecule has 0 aromatic heterocycles. The molecule has 32 heavy (non-hydrogen) atoms. The van der Waals surface area contributed by atoms with E-state index in [4.69, 9.17) is 0 Å². The summed E-state index contributed by atoms with van der Waals surface area (Å²) in [5.41, 5.74) is 2.53. The average Bonchev–Trinajstić information content (AvgIpc) is 2.82. The number of carbonyl (C=O) groups is 2. The summed E-state index contributed by atoms with van der Waals surface area (Å²) < 4.78 is 0. The van der Waals surface area contributed by atoms with Crippen LogP contribution in [0, 0.1) is 5.92 Å². The number of hydrogen-bond acceptors (Lipinski definition) is 3. The van der Waals surface area contributed by atoms with E-state index in [9.17, 15) is 9.59 Å². The van der Waals surface area contributed by atoms with Gasteiger partial charge in [0.25, 0.3) is 0 Å². The number of carbonyl (C=O) groups excluding carboxylic acids is 2. The van der Waals surface area contributed by atoms with Gasteiger partial charge in [-0.15, -0.1) is 0 Å². The largest absolute Gasteiger partial charge is 0.344 e. The lowest BCUT2D eigenvalue weighted by molar-refractivity contribution is -0.139. The molecule has 2 aromatic rings. The number of piperazine rings is 1. The molecule has 5 nitrogen and oxygen atoms in total. The fraction of sp³-hybridized carbons (Fsp3) is 0.481. The molecule has 5 heteroatoms. The number of hydrogen-bond donors (Lipinski definition) is 1. The van der Waals surface area contributed by atoms with Crippen molar-refractivity contribution in [3.63, 3.8) is 0 Å². The fourth-order valence-electron chi connectivity index (χ4n) is 4.38. The highest BCUT2D eigenvalue weighted by molar-refractivity contribution is 5.88. The van der Waals surface area contributed by atoms with Crippen molar-refractivity contribution in [2.24, 2.45) is 5.92 Å². The van der Waals surface area contributed by atoms with E-state index >= 15 is 0 Å². The lowest BCUT2D eigenvalue weighted by atomic mass is 9.96. The third-order valence-corrected chi connectivity index (χ3v) is 6.23. The van der Waals surface area contributed by atoms with Crippen LogP contribution in [0.25, 0.3) is 0 Å². The molecule has 1 heterocycles. The summed E-state index contributed by atoms with van der Waals surface area (Å²) in [5.74, 6) is 0.0821. The van der Waals surface area contributed by atoms with E-state index in [1.165, 1.54) is 11.1 Å². The van der Waals surface area contributed by atoms with Crippen LogP contribution >= 0.6 is 0 Å². The van der Waals surface area contributed by atoms with Gasteiger partial charge in [-0.1, -0.05) is 87.9 Å². The average molecular weight is 436 g/mol. The van der Waals surface area contributed by atoms with Crippen LogP contribution in [0.15, 0.2) is 60.7 Å². The van der Waals surface area contributed by atoms with E-state index in [0.29, 0.717) is 19.5 Å². The SMILES string of the molecule is CCCCC(=O)NC(C(=O)N1CCN(C(c2ccccc2)c2ccccc2)CC1)C(C)C. The third kappa shape index (κ3) is 6.19. The molecule has 0 bridgehead atoms. The molecule has 1 aliphatic heterocycles. The molecule has 172 valence electrons. The molecule has 1 saturated heterocycles. The first-order valence-electron chi connectivity index (χ1n) is 11.9. The number of unbranched alkanes of at least 4 members (excludes halogenated alkanes) is 1. The van der Waals surface area contributed by atoms with E-state index in [2.05, 4.69) is 65.7 Å². The van der Waals surface area contributed by atoms with Crippen LogP contribution in [0.3, 0.4) is 0 Å². The Balaban J connectivity index is 1.68. The van der Waals surface area contributed by atoms with Crippen molar-refractivity contribution in [3.8, 4) is 0 Å². The van der Waals surface area contributed by atoms with Crippen LogP contribution in [-0.2, 0) is 9.59 Å². The summed E-state index contributed by atoms with van der Waals surface area (Å²) >= 11 is 0. The van der Waals surface area contributed by atoms with Gasteiger partial charge >= 0.3 is 0 Å². The summed E-state index contributed by atoms with van der Waals surface area (Å²) in [6, 6.07) is 20.8. The normalized spacial score (nSPS) is 15.7. The van der Waals surface area contributed by atoms with Gasteiger partial charge in [-0.2, -0.15) is 0 Å². The van der Waals surface area contributed by atoms with E-state index in [-0.39, 0.29) is 23.8 Å². The molecule has 1 aliphatic rings. The molecule has 0 aliphatic carbocycles. The van der Waals surface area contributed by atoms with E-state index in [0.717, 1.165) is 25.9 Å². The van der Waals surface area contributed by atoms with Crippen molar-refractivity contribution in [2.45, 2.75) is 52.1 Å². The van der Waals surface area contributed by atoms with Crippen molar-refractivity contribution in [1.82, 2.24) is 15.1 Å². The van der Waals surface area contributed by atoms with Gasteiger partial charge in [0.15, 0.2) is 0 Å². The van der Waals surface area contributed by atoms with Gasteiger partial charge in [0.05, 0.1) is 6.04 Å². The third-order valence-electron chi connectivity index (χ3n) is 6.23. The van der Waals surface area contributed by atoms with Gasteiger partial charge in [-0.05, 0) is 23.5 Å². The van der Waals surface area contributed by atoms with Gasteiger partial charge in [-0.25, -0.2) is 0 Å². The zero-order valence-corrected chi connectivity index (χ0v) is 19.7. The molecule has 0 radical (unpaired) electrons. The summed E-state index contributed by atoms with van der Waals surface area (Å²) in [4.78, 5) is 29.9. The van der Waals surface area contributed by atoms with Crippen molar-refractivity contribution in [1.29, 1.82) is 0 Å². The van der Waals surface area contributed by atoms with E-state index in [1.807, 2.05) is 30.9 Å². The van der Waals surface area contributed by atoms with Crippen LogP contribution in [0.2, 0.25) is 0 Å². The van der Waals surface area contributed by atoms with Crippen LogP contribution < -0.4 is 5.32 Å². The second-order valence-electron chi connectivity index (χ2n) is 8.98.